The van der Waals surface area contributed by atoms with Crippen LogP contribution in [0, 0.1) is 0 Å². The highest BCUT2D eigenvalue weighted by Crippen LogP contribution is 2.27. The predicted octanol–water partition coefficient (Wildman–Crippen LogP) is 3.08. The van der Waals surface area contributed by atoms with Crippen molar-refractivity contribution in [2.75, 3.05) is 0 Å². The lowest BCUT2D eigenvalue weighted by Gasteiger charge is -2.16. The summed E-state index contributed by atoms with van der Waals surface area (Å²) in [5.41, 5.74) is 9.32. The molecule has 5 heteroatoms. The van der Waals surface area contributed by atoms with E-state index in [4.69, 9.17) is 10.5 Å². The second kappa shape index (κ2) is 6.28. The van der Waals surface area contributed by atoms with Crippen molar-refractivity contribution in [2.24, 2.45) is 5.73 Å². The molecule has 120 valence electrons. The molecule has 0 spiro atoms. The van der Waals surface area contributed by atoms with Crippen molar-refractivity contribution in [3.63, 3.8) is 0 Å². The number of ketones is 1. The third-order valence-corrected chi connectivity index (χ3v) is 4.26. The van der Waals surface area contributed by atoms with Crippen LogP contribution in [0.15, 0.2) is 30.3 Å². The first-order valence-corrected chi connectivity index (χ1v) is 7.89. The number of benzene rings is 1. The van der Waals surface area contributed by atoms with Gasteiger partial charge in [-0.3, -0.25) is 4.79 Å². The largest absolute Gasteiger partial charge is 0.411 e. The van der Waals surface area contributed by atoms with Crippen LogP contribution in [0.5, 0.6) is 5.75 Å². The minimum Gasteiger partial charge on any atom is -0.411 e. The van der Waals surface area contributed by atoms with Gasteiger partial charge in [-0.25, -0.2) is 4.79 Å². The van der Waals surface area contributed by atoms with Gasteiger partial charge in [-0.2, -0.15) is 0 Å². The van der Waals surface area contributed by atoms with Gasteiger partial charge in [-0.05, 0) is 43.0 Å². The summed E-state index contributed by atoms with van der Waals surface area (Å²) in [6, 6.07) is 9.32. The molecule has 0 bridgehead atoms. The smallest absolute Gasteiger partial charge is 0.409 e. The number of Topliss-reactive ketones (excluding diaryl/α,β-unsaturated/α-hetero) is 1. The molecule has 2 aromatic rings. The number of hydrogen-bond acceptors (Lipinski definition) is 3. The number of ether oxygens (including phenoxy) is 1. The molecule has 23 heavy (non-hydrogen) atoms. The highest BCUT2D eigenvalue weighted by Gasteiger charge is 2.23. The lowest BCUT2D eigenvalue weighted by molar-refractivity contribution is 0.0971. The van der Waals surface area contributed by atoms with Crippen molar-refractivity contribution >= 4 is 11.9 Å². The zero-order valence-corrected chi connectivity index (χ0v) is 13.2. The number of carbonyl (C=O) groups is 2. The number of hydrogen-bond donors (Lipinski definition) is 1. The van der Waals surface area contributed by atoms with Crippen LogP contribution in [0.25, 0.3) is 0 Å². The molecule has 0 saturated heterocycles. The zero-order chi connectivity index (χ0) is 16.4. The minimum absolute atomic E-state index is 0.255. The highest BCUT2D eigenvalue weighted by molar-refractivity contribution is 5.98. The number of rotatable bonds is 4. The van der Waals surface area contributed by atoms with E-state index < -0.39 is 6.09 Å². The van der Waals surface area contributed by atoms with Gasteiger partial charge in [0.1, 0.15) is 5.75 Å². The third-order valence-electron chi connectivity index (χ3n) is 4.26. The van der Waals surface area contributed by atoms with Gasteiger partial charge >= 0.3 is 6.09 Å². The summed E-state index contributed by atoms with van der Waals surface area (Å²) in [4.78, 5) is 22.8. The van der Waals surface area contributed by atoms with E-state index >= 15 is 0 Å². The number of fused-ring (bicyclic) bond motifs is 1. The van der Waals surface area contributed by atoms with Gasteiger partial charge in [0.25, 0.3) is 0 Å². The Labute approximate surface area is 135 Å². The van der Waals surface area contributed by atoms with Crippen LogP contribution < -0.4 is 10.5 Å². The number of amides is 1. The monoisotopic (exact) mass is 312 g/mol. The van der Waals surface area contributed by atoms with Gasteiger partial charge in [0.2, 0.25) is 0 Å². The van der Waals surface area contributed by atoms with Crippen molar-refractivity contribution in [1.29, 1.82) is 0 Å². The van der Waals surface area contributed by atoms with Crippen molar-refractivity contribution < 1.29 is 14.3 Å². The Kier molecular flexibility index (Phi) is 4.19. The fraction of sp³-hybridized carbons (Fsp3) is 0.333. The molecule has 2 N–H and O–H groups in total. The maximum absolute atomic E-state index is 12.1. The first kappa shape index (κ1) is 15.3. The van der Waals surface area contributed by atoms with E-state index in [2.05, 4.69) is 11.5 Å². The van der Waals surface area contributed by atoms with Crippen LogP contribution in [-0.4, -0.2) is 16.4 Å². The Bertz CT molecular complexity index is 744. The van der Waals surface area contributed by atoms with Crippen LogP contribution >= 0.6 is 0 Å². The maximum Gasteiger partial charge on any atom is 0.409 e. The number of nitrogens with two attached hydrogens (primary N) is 1. The summed E-state index contributed by atoms with van der Waals surface area (Å²) >= 11 is 0. The Morgan fingerprint density at radius 2 is 2.00 bits per heavy atom. The molecular formula is C18H20N2O3. The molecule has 5 nitrogen and oxygen atoms in total. The molecule has 0 fully saturated rings. The number of primary amides is 1. The number of carbonyl (C=O) groups excluding carboxylic acids is 2. The molecule has 0 unspecified atom stereocenters. The molecule has 0 aliphatic heterocycles. The molecule has 1 aliphatic carbocycles. The summed E-state index contributed by atoms with van der Waals surface area (Å²) in [6.45, 7) is 2.81. The Balaban J connectivity index is 1.87. The van der Waals surface area contributed by atoms with Gasteiger partial charge in [0.05, 0.1) is 0 Å². The molecule has 0 saturated carbocycles. The van der Waals surface area contributed by atoms with E-state index in [9.17, 15) is 9.59 Å². The van der Waals surface area contributed by atoms with Crippen molar-refractivity contribution in [1.82, 2.24) is 4.57 Å². The normalized spacial score (nSPS) is 13.7. The molecule has 1 heterocycles. The van der Waals surface area contributed by atoms with Crippen molar-refractivity contribution in [3.05, 3.63) is 52.8 Å². The van der Waals surface area contributed by atoms with E-state index in [0.717, 1.165) is 36.1 Å². The van der Waals surface area contributed by atoms with E-state index in [1.54, 1.807) is 12.1 Å². The molecule has 1 amide bonds. The molecule has 1 aromatic heterocycles. The Hall–Kier alpha value is -2.56. The van der Waals surface area contributed by atoms with Gasteiger partial charge in [-0.1, -0.05) is 19.1 Å². The quantitative estimate of drug-likeness (QED) is 0.942. The fourth-order valence-corrected chi connectivity index (χ4v) is 3.16. The molecular weight excluding hydrogens is 292 g/mol. The lowest BCUT2D eigenvalue weighted by Crippen LogP contribution is -2.16. The number of nitrogens with zero attached hydrogens (tertiary/aromatic N) is 1. The lowest BCUT2D eigenvalue weighted by atomic mass is 9.96. The first-order chi connectivity index (χ1) is 11.1. The molecule has 3 rings (SSSR count). The number of aromatic nitrogens is 1. The van der Waals surface area contributed by atoms with Gasteiger partial charge in [0.15, 0.2) is 5.78 Å². The standard InChI is InChI=1S/C18H20N2O3/c1-2-13-10-15-16(4-3-5-17(15)21)20(13)11-12-6-8-14(9-7-12)23-18(19)22/h6-10H,2-5,11H2,1H3,(H2,19,22). The van der Waals surface area contributed by atoms with Crippen LogP contribution in [0.2, 0.25) is 0 Å². The maximum atomic E-state index is 12.1. The average Bonchev–Trinajstić information content (AvgIpc) is 2.88. The van der Waals surface area contributed by atoms with E-state index in [1.807, 2.05) is 18.2 Å². The molecule has 0 radical (unpaired) electrons. The molecule has 0 atom stereocenters. The topological polar surface area (TPSA) is 74.3 Å². The van der Waals surface area contributed by atoms with Crippen molar-refractivity contribution in [2.45, 2.75) is 39.2 Å². The van der Waals surface area contributed by atoms with Gasteiger partial charge < -0.3 is 15.0 Å². The Morgan fingerprint density at radius 1 is 1.26 bits per heavy atom. The summed E-state index contributed by atoms with van der Waals surface area (Å²) in [5, 5.41) is 0. The predicted molar refractivity (Wildman–Crippen MR) is 86.8 cm³/mol. The highest BCUT2D eigenvalue weighted by atomic mass is 16.5. The third kappa shape index (κ3) is 3.13. The van der Waals surface area contributed by atoms with Crippen LogP contribution in [0.4, 0.5) is 4.79 Å². The van der Waals surface area contributed by atoms with E-state index in [-0.39, 0.29) is 5.78 Å². The SMILES string of the molecule is CCc1cc2c(n1Cc1ccc(OC(N)=O)cc1)CCCC2=O. The summed E-state index contributed by atoms with van der Waals surface area (Å²) < 4.78 is 7.09. The molecule has 1 aliphatic rings. The van der Waals surface area contributed by atoms with Gasteiger partial charge in [-0.15, -0.1) is 0 Å². The van der Waals surface area contributed by atoms with E-state index in [1.165, 1.54) is 5.69 Å². The first-order valence-electron chi connectivity index (χ1n) is 7.89. The summed E-state index contributed by atoms with van der Waals surface area (Å²) in [6.07, 6.45) is 2.60. The summed E-state index contributed by atoms with van der Waals surface area (Å²) in [5.74, 6) is 0.687. The van der Waals surface area contributed by atoms with E-state index in [0.29, 0.717) is 18.7 Å². The fourth-order valence-electron chi connectivity index (χ4n) is 3.16. The van der Waals surface area contributed by atoms with Crippen LogP contribution in [0.3, 0.4) is 0 Å². The van der Waals surface area contributed by atoms with Crippen molar-refractivity contribution in [3.8, 4) is 5.75 Å². The zero-order valence-electron chi connectivity index (χ0n) is 13.2. The van der Waals surface area contributed by atoms with Gasteiger partial charge in [0, 0.05) is 29.9 Å². The Morgan fingerprint density at radius 3 is 2.65 bits per heavy atom. The molecule has 1 aromatic carbocycles. The average molecular weight is 312 g/mol. The van der Waals surface area contributed by atoms with Crippen LogP contribution in [-0.2, 0) is 19.4 Å². The second-order valence-electron chi connectivity index (χ2n) is 5.78. The summed E-state index contributed by atoms with van der Waals surface area (Å²) in [7, 11) is 0. The second-order valence-corrected chi connectivity index (χ2v) is 5.78. The van der Waals surface area contributed by atoms with Crippen LogP contribution in [0.1, 0.15) is 47.1 Å². The number of aryl methyl sites for hydroxylation is 1. The minimum atomic E-state index is -0.816.